The number of halogens is 1. The number of nitrogens with zero attached hydrogens (tertiary/aromatic N) is 5. The summed E-state index contributed by atoms with van der Waals surface area (Å²) >= 11 is 1.32. The lowest BCUT2D eigenvalue weighted by Crippen LogP contribution is -2.24. The van der Waals surface area contributed by atoms with Crippen LogP contribution < -0.4 is 16.0 Å². The van der Waals surface area contributed by atoms with E-state index in [2.05, 4.69) is 20.3 Å². The number of nitrogens with one attached hydrogen (secondary N) is 2. The van der Waals surface area contributed by atoms with E-state index < -0.39 is 5.83 Å². The predicted molar refractivity (Wildman–Crippen MR) is 107 cm³/mol. The number of allylic oxidation sites excluding steroid dienone is 2. The zero-order valence-electron chi connectivity index (χ0n) is 15.6. The van der Waals surface area contributed by atoms with Gasteiger partial charge in [-0.25, -0.2) is 14.1 Å². The van der Waals surface area contributed by atoms with E-state index in [-0.39, 0.29) is 24.2 Å². The zero-order valence-corrected chi connectivity index (χ0v) is 16.4. The van der Waals surface area contributed by atoms with E-state index in [0.717, 1.165) is 4.70 Å². The van der Waals surface area contributed by atoms with E-state index in [0.29, 0.717) is 39.2 Å². The minimum absolute atomic E-state index is 0.0580. The third kappa shape index (κ3) is 3.06. The molecule has 0 atom stereocenters. The first kappa shape index (κ1) is 18.8. The van der Waals surface area contributed by atoms with Crippen molar-refractivity contribution in [1.29, 1.82) is 5.41 Å². The van der Waals surface area contributed by atoms with Crippen LogP contribution in [0.4, 0.5) is 4.39 Å². The molecule has 0 aliphatic heterocycles. The second-order valence-corrected chi connectivity index (χ2v) is 7.38. The van der Waals surface area contributed by atoms with Crippen molar-refractivity contribution in [2.75, 3.05) is 7.11 Å². The Labute approximate surface area is 166 Å². The van der Waals surface area contributed by atoms with E-state index in [1.807, 2.05) is 0 Å². The first-order valence-electron chi connectivity index (χ1n) is 8.49. The fraction of sp³-hybridized carbons (Fsp3) is 0.235. The van der Waals surface area contributed by atoms with E-state index in [1.165, 1.54) is 29.3 Å². The molecular weight excluding hydrogens is 399 g/mol. The average molecular weight is 416 g/mol. The van der Waals surface area contributed by atoms with E-state index >= 15 is 0 Å². The summed E-state index contributed by atoms with van der Waals surface area (Å²) in [4.78, 5) is 17.5. The van der Waals surface area contributed by atoms with Crippen molar-refractivity contribution in [2.24, 2.45) is 12.8 Å². The van der Waals surface area contributed by atoms with Crippen molar-refractivity contribution >= 4 is 38.8 Å². The summed E-state index contributed by atoms with van der Waals surface area (Å²) in [7, 11) is 3.27. The van der Waals surface area contributed by atoms with Crippen LogP contribution in [0.2, 0.25) is 0 Å². The molecule has 4 aromatic rings. The van der Waals surface area contributed by atoms with Crippen molar-refractivity contribution < 1.29 is 9.13 Å². The van der Waals surface area contributed by atoms with Gasteiger partial charge in [0.1, 0.15) is 10.5 Å². The van der Waals surface area contributed by atoms with Crippen LogP contribution >= 0.6 is 11.3 Å². The van der Waals surface area contributed by atoms with Crippen LogP contribution in [-0.4, -0.2) is 42.9 Å². The minimum Gasteiger partial charge on any atom is -0.493 e. The lowest BCUT2D eigenvalue weighted by atomic mass is 10.3. The van der Waals surface area contributed by atoms with Crippen LogP contribution in [0.15, 0.2) is 28.7 Å². The Bertz CT molecular complexity index is 1330. The van der Waals surface area contributed by atoms with Gasteiger partial charge in [-0.2, -0.15) is 10.2 Å². The van der Waals surface area contributed by atoms with Crippen LogP contribution in [0, 0.1) is 5.41 Å². The number of hydrogen-bond acceptors (Lipinski definition) is 8. The van der Waals surface area contributed by atoms with Gasteiger partial charge in [0.2, 0.25) is 0 Å². The van der Waals surface area contributed by atoms with Gasteiger partial charge < -0.3 is 20.4 Å². The van der Waals surface area contributed by atoms with Gasteiger partial charge in [0.05, 0.1) is 48.4 Å². The first-order chi connectivity index (χ1) is 13.9. The highest BCUT2D eigenvalue weighted by Gasteiger charge is 2.19. The lowest BCUT2D eigenvalue weighted by molar-refractivity contribution is 0.407. The maximum atomic E-state index is 13.4. The minimum atomic E-state index is -0.784. The number of aromatic amines is 1. The normalized spacial score (nSPS) is 12.5. The summed E-state index contributed by atoms with van der Waals surface area (Å²) < 4.78 is 22.4. The maximum Gasteiger partial charge on any atom is 0.291 e. The Morgan fingerprint density at radius 2 is 2.28 bits per heavy atom. The SMILES string of the molecule is COc1cn[nH]c1Cn1ncc2c3sc(CC(N)=C(F)C=N)nc3n(C)c2c1=O. The Morgan fingerprint density at radius 1 is 1.48 bits per heavy atom. The van der Waals surface area contributed by atoms with Crippen molar-refractivity contribution in [3.8, 4) is 5.75 Å². The predicted octanol–water partition coefficient (Wildman–Crippen LogP) is 1.46. The number of fused-ring (bicyclic) bond motifs is 3. The van der Waals surface area contributed by atoms with Crippen LogP contribution in [0.3, 0.4) is 0 Å². The van der Waals surface area contributed by atoms with Gasteiger partial charge >= 0.3 is 0 Å². The molecule has 0 saturated carbocycles. The second kappa shape index (κ2) is 7.13. The molecule has 0 aliphatic carbocycles. The summed E-state index contributed by atoms with van der Waals surface area (Å²) in [5.74, 6) is -0.242. The quantitative estimate of drug-likeness (QED) is 0.406. The number of H-pyrrole nitrogens is 1. The van der Waals surface area contributed by atoms with E-state index in [4.69, 9.17) is 15.9 Å². The second-order valence-electron chi connectivity index (χ2n) is 6.30. The van der Waals surface area contributed by atoms with Gasteiger partial charge in [-0.05, 0) is 0 Å². The van der Waals surface area contributed by atoms with Crippen LogP contribution in [0.5, 0.6) is 5.75 Å². The summed E-state index contributed by atoms with van der Waals surface area (Å²) in [6, 6.07) is 0. The number of aromatic nitrogens is 6. The molecule has 0 unspecified atom stereocenters. The van der Waals surface area contributed by atoms with Crippen LogP contribution in [-0.2, 0) is 20.0 Å². The topological polar surface area (TPSA) is 140 Å². The lowest BCUT2D eigenvalue weighted by Gasteiger charge is -2.05. The van der Waals surface area contributed by atoms with E-state index in [1.54, 1.807) is 17.8 Å². The number of methoxy groups -OCH3 is 1. The van der Waals surface area contributed by atoms with Gasteiger partial charge in [0, 0.05) is 18.9 Å². The van der Waals surface area contributed by atoms with Gasteiger partial charge in [0.15, 0.2) is 17.2 Å². The van der Waals surface area contributed by atoms with Gasteiger partial charge in [-0.3, -0.25) is 9.89 Å². The molecule has 0 amide bonds. The molecular formula is C17H17FN8O2S. The fourth-order valence-electron chi connectivity index (χ4n) is 3.10. The fourth-order valence-corrected chi connectivity index (χ4v) is 4.23. The van der Waals surface area contributed by atoms with Crippen molar-refractivity contribution in [1.82, 2.24) is 29.5 Å². The number of ether oxygens (including phenoxy) is 1. The molecule has 4 aromatic heterocycles. The van der Waals surface area contributed by atoms with E-state index in [9.17, 15) is 9.18 Å². The number of nitrogens with two attached hydrogens (primary N) is 1. The highest BCUT2D eigenvalue weighted by molar-refractivity contribution is 7.19. The Balaban J connectivity index is 1.78. The highest BCUT2D eigenvalue weighted by Crippen LogP contribution is 2.31. The third-order valence-electron chi connectivity index (χ3n) is 4.55. The Kier molecular flexibility index (Phi) is 4.62. The molecule has 0 spiro atoms. The molecule has 4 heterocycles. The summed E-state index contributed by atoms with van der Waals surface area (Å²) in [5, 5.41) is 19.2. The van der Waals surface area contributed by atoms with Crippen molar-refractivity contribution in [2.45, 2.75) is 13.0 Å². The Hall–Kier alpha value is -3.54. The number of hydrogen-bond donors (Lipinski definition) is 3. The zero-order chi connectivity index (χ0) is 20.7. The molecule has 0 bridgehead atoms. The summed E-state index contributed by atoms with van der Waals surface area (Å²) in [6.45, 7) is 0.180. The smallest absolute Gasteiger partial charge is 0.291 e. The molecule has 0 radical (unpaired) electrons. The summed E-state index contributed by atoms with van der Waals surface area (Å²) in [6.07, 6.45) is 3.80. The molecule has 150 valence electrons. The standard InChI is InChI=1S/C17H17FN8O2S/c1-25-14-8(15-16(25)23-13(29-15)3-10(20)9(18)4-19)5-22-26(17(14)27)7-11-12(28-2)6-21-24-11/h4-6,19H,3,7,20H2,1-2H3,(H,21,24). The Morgan fingerprint density at radius 3 is 3.00 bits per heavy atom. The summed E-state index contributed by atoms with van der Waals surface area (Å²) in [5.41, 5.74) is 7.02. The molecule has 0 aromatic carbocycles. The number of rotatable bonds is 6. The maximum absolute atomic E-state index is 13.4. The third-order valence-corrected chi connectivity index (χ3v) is 5.63. The van der Waals surface area contributed by atoms with Gasteiger partial charge in [0.25, 0.3) is 5.56 Å². The van der Waals surface area contributed by atoms with Crippen LogP contribution in [0.25, 0.3) is 21.3 Å². The molecule has 4 N–H and O–H groups in total. The average Bonchev–Trinajstić information content (AvgIpc) is 3.39. The molecule has 0 fully saturated rings. The molecule has 12 heteroatoms. The largest absolute Gasteiger partial charge is 0.493 e. The monoisotopic (exact) mass is 416 g/mol. The van der Waals surface area contributed by atoms with Gasteiger partial charge in [-0.1, -0.05) is 0 Å². The van der Waals surface area contributed by atoms with Gasteiger partial charge in [-0.15, -0.1) is 11.3 Å². The van der Waals surface area contributed by atoms with Crippen molar-refractivity contribution in [3.63, 3.8) is 0 Å². The molecule has 0 aliphatic rings. The molecule has 0 saturated heterocycles. The molecule has 10 nitrogen and oxygen atoms in total. The number of aryl methyl sites for hydroxylation is 1. The number of thiazole rings is 1. The highest BCUT2D eigenvalue weighted by atomic mass is 32.1. The van der Waals surface area contributed by atoms with Crippen molar-refractivity contribution in [3.05, 3.63) is 45.0 Å². The molecule has 4 rings (SSSR count). The first-order valence-corrected chi connectivity index (χ1v) is 9.31. The molecule has 29 heavy (non-hydrogen) atoms. The van der Waals surface area contributed by atoms with Crippen LogP contribution in [0.1, 0.15) is 10.7 Å².